The number of fused-ring (bicyclic) bond motifs is 1. The second-order valence-corrected chi connectivity index (χ2v) is 8.97. The van der Waals surface area contributed by atoms with Crippen LogP contribution in [0.25, 0.3) is 5.57 Å². The Labute approximate surface area is 194 Å². The summed E-state index contributed by atoms with van der Waals surface area (Å²) in [5, 5.41) is 32.6. The molecule has 1 aromatic heterocycles. The van der Waals surface area contributed by atoms with Crippen molar-refractivity contribution in [1.82, 2.24) is 25.7 Å². The molecule has 14 heteroatoms. The van der Waals surface area contributed by atoms with Crippen molar-refractivity contribution in [2.24, 2.45) is 0 Å². The summed E-state index contributed by atoms with van der Waals surface area (Å²) in [5.74, 6) is -1.29. The first kappa shape index (κ1) is 21.6. The van der Waals surface area contributed by atoms with Crippen molar-refractivity contribution in [3.8, 4) is 0 Å². The fourth-order valence-corrected chi connectivity index (χ4v) is 5.95. The molecular formula is C14H13N6NaO4S3. The first-order valence-electron chi connectivity index (χ1n) is 7.88. The molecule has 10 nitrogen and oxygen atoms in total. The van der Waals surface area contributed by atoms with E-state index < -0.39 is 23.3 Å². The van der Waals surface area contributed by atoms with Gasteiger partial charge in [-0.15, -0.1) is 33.3 Å². The molecule has 2 fully saturated rings. The van der Waals surface area contributed by atoms with Gasteiger partial charge in [0.1, 0.15) is 21.9 Å². The average Bonchev–Trinajstić information content (AvgIpc) is 3.30. The molecule has 4 rings (SSSR count). The predicted molar refractivity (Wildman–Crippen MR) is 98.6 cm³/mol. The van der Waals surface area contributed by atoms with Gasteiger partial charge >= 0.3 is 29.6 Å². The van der Waals surface area contributed by atoms with Crippen molar-refractivity contribution in [3.05, 3.63) is 16.2 Å². The third kappa shape index (κ3) is 3.96. The summed E-state index contributed by atoms with van der Waals surface area (Å²) in [6.07, 6.45) is 0.149. The van der Waals surface area contributed by atoms with Crippen molar-refractivity contribution in [1.29, 1.82) is 5.41 Å². The number of aliphatic carboxylic acids is 1. The molecule has 142 valence electrons. The number of carbonyl (C=O) groups excluding carboxylic acids is 3. The number of carboxylic acid groups (broad SMARTS) is 1. The van der Waals surface area contributed by atoms with Crippen molar-refractivity contribution in [2.75, 3.05) is 11.5 Å². The number of thioether (sulfide) groups is 2. The molecule has 28 heavy (non-hydrogen) atoms. The molecule has 3 atom stereocenters. The van der Waals surface area contributed by atoms with Crippen LogP contribution in [-0.4, -0.2) is 67.0 Å². The number of carbonyl (C=O) groups is 3. The average molecular weight is 448 g/mol. The van der Waals surface area contributed by atoms with E-state index in [0.29, 0.717) is 27.3 Å². The number of nitrogens with one attached hydrogen (secondary N) is 3. The summed E-state index contributed by atoms with van der Waals surface area (Å²) in [6, 6.07) is -0.920. The molecule has 0 spiro atoms. The van der Waals surface area contributed by atoms with Crippen LogP contribution in [0.4, 0.5) is 0 Å². The van der Waals surface area contributed by atoms with Crippen LogP contribution < -0.4 is 45.3 Å². The van der Waals surface area contributed by atoms with E-state index in [1.54, 1.807) is 0 Å². The molecule has 2 amide bonds. The van der Waals surface area contributed by atoms with E-state index in [2.05, 4.69) is 20.8 Å². The van der Waals surface area contributed by atoms with E-state index in [-0.39, 0.29) is 53.6 Å². The molecule has 0 aromatic carbocycles. The molecule has 4 heterocycles. The molecule has 0 radical (unpaired) electrons. The first-order chi connectivity index (χ1) is 13.0. The Balaban J connectivity index is 0.00000225. The van der Waals surface area contributed by atoms with Gasteiger partial charge in [-0.25, -0.2) is 0 Å². The topological polar surface area (TPSA) is 151 Å². The quantitative estimate of drug-likeness (QED) is 0.299. The van der Waals surface area contributed by atoms with E-state index >= 15 is 0 Å². The smallest absolute Gasteiger partial charge is 0.543 e. The Morgan fingerprint density at radius 2 is 2.25 bits per heavy atom. The van der Waals surface area contributed by atoms with Gasteiger partial charge in [0.05, 0.1) is 11.7 Å². The summed E-state index contributed by atoms with van der Waals surface area (Å²) in [5.41, 5.74) is 1.69. The summed E-state index contributed by atoms with van der Waals surface area (Å²) in [4.78, 5) is 37.6. The third-order valence-electron chi connectivity index (χ3n) is 4.29. The largest absolute Gasteiger partial charge is 1.00 e. The fraction of sp³-hybridized carbons (Fsp3) is 0.429. The maximum atomic E-state index is 12.5. The fourth-order valence-electron chi connectivity index (χ4n) is 3.10. The van der Waals surface area contributed by atoms with E-state index in [0.717, 1.165) is 4.90 Å². The number of hydrogen-bond acceptors (Lipinski definition) is 10. The van der Waals surface area contributed by atoms with Crippen LogP contribution in [0.1, 0.15) is 11.4 Å². The zero-order valence-corrected chi connectivity index (χ0v) is 19.1. The minimum Gasteiger partial charge on any atom is -0.543 e. The Morgan fingerprint density at radius 3 is 2.86 bits per heavy atom. The number of amides is 2. The van der Waals surface area contributed by atoms with Crippen LogP contribution in [0.3, 0.4) is 0 Å². The predicted octanol–water partition coefficient (Wildman–Crippen LogP) is -4.57. The summed E-state index contributed by atoms with van der Waals surface area (Å²) < 4.78 is 0. The maximum absolute atomic E-state index is 12.5. The number of β-lactam (4-membered cyclic amide) rings is 1. The van der Waals surface area contributed by atoms with Gasteiger partial charge in [0.2, 0.25) is 5.91 Å². The van der Waals surface area contributed by atoms with Crippen LogP contribution in [0.15, 0.2) is 11.2 Å². The number of carboxylic acids is 1. The molecule has 2 saturated heterocycles. The van der Waals surface area contributed by atoms with Crippen LogP contribution >= 0.6 is 34.9 Å². The standard InChI is InChI=1S/C14H14N6O4S3.Na/c15-14-17-5(2-26-14)1-7(21)18-8-11(22)20-9(13(23)24)6(3-25-12(8)20)10-19-16-4-27-10;/h4-5,8,12H,1-3H2,(H2,15,17)(H,18,21)(H,23,24);/q;+1/p-1/t5?,8?,12-;/m0./s1. The minimum absolute atomic E-state index is 0. The van der Waals surface area contributed by atoms with Crippen molar-refractivity contribution >= 4 is 63.4 Å². The van der Waals surface area contributed by atoms with Crippen LogP contribution in [0.5, 0.6) is 0 Å². The Morgan fingerprint density at radius 1 is 1.46 bits per heavy atom. The van der Waals surface area contributed by atoms with Crippen molar-refractivity contribution in [2.45, 2.75) is 23.9 Å². The van der Waals surface area contributed by atoms with Crippen LogP contribution in [-0.2, 0) is 14.4 Å². The second kappa shape index (κ2) is 8.71. The SMILES string of the molecule is N=C1NC(CC(=O)NC2C(=O)N3C(C(=O)[O-])=C(c4nncs4)CS[C@@H]23)CS1.[Na+]. The molecule has 2 unspecified atom stereocenters. The maximum Gasteiger partial charge on any atom is 1.00 e. The van der Waals surface area contributed by atoms with Gasteiger partial charge in [0, 0.05) is 29.5 Å². The Bertz CT molecular complexity index is 863. The monoisotopic (exact) mass is 448 g/mol. The number of rotatable bonds is 5. The van der Waals surface area contributed by atoms with Gasteiger partial charge in [0.25, 0.3) is 5.91 Å². The van der Waals surface area contributed by atoms with Gasteiger partial charge in [-0.3, -0.25) is 19.9 Å². The molecule has 1 aromatic rings. The third-order valence-corrected chi connectivity index (χ3v) is 7.30. The van der Waals surface area contributed by atoms with Gasteiger partial charge in [-0.05, 0) is 0 Å². The van der Waals surface area contributed by atoms with Gasteiger partial charge in [-0.2, -0.15) is 0 Å². The van der Waals surface area contributed by atoms with E-state index in [9.17, 15) is 19.5 Å². The first-order valence-corrected chi connectivity index (χ1v) is 10.8. The van der Waals surface area contributed by atoms with Gasteiger partial charge in [-0.1, -0.05) is 11.8 Å². The molecule has 3 aliphatic heterocycles. The zero-order chi connectivity index (χ0) is 19.1. The summed E-state index contributed by atoms with van der Waals surface area (Å²) in [7, 11) is 0. The molecule has 3 N–H and O–H groups in total. The number of nitrogens with zero attached hydrogens (tertiary/aromatic N) is 3. The van der Waals surface area contributed by atoms with Crippen molar-refractivity contribution in [3.63, 3.8) is 0 Å². The molecule has 0 bridgehead atoms. The molecule has 0 saturated carbocycles. The van der Waals surface area contributed by atoms with E-state index in [1.165, 1.54) is 40.4 Å². The number of amidine groups is 1. The minimum atomic E-state index is -1.45. The van der Waals surface area contributed by atoms with Gasteiger partial charge < -0.3 is 20.5 Å². The number of hydrogen-bond donors (Lipinski definition) is 3. The Hall–Kier alpha value is -1.12. The molecule has 0 aliphatic carbocycles. The van der Waals surface area contributed by atoms with Crippen LogP contribution in [0, 0.1) is 5.41 Å². The summed E-state index contributed by atoms with van der Waals surface area (Å²) >= 11 is 3.89. The normalized spacial score (nSPS) is 26.1. The number of aromatic nitrogens is 2. The van der Waals surface area contributed by atoms with E-state index in [1.807, 2.05) is 0 Å². The van der Waals surface area contributed by atoms with Crippen molar-refractivity contribution < 1.29 is 49.0 Å². The van der Waals surface area contributed by atoms with Crippen LogP contribution in [0.2, 0.25) is 0 Å². The molecular weight excluding hydrogens is 435 g/mol. The van der Waals surface area contributed by atoms with Gasteiger partial charge in [0.15, 0.2) is 5.17 Å². The molecule has 3 aliphatic rings. The summed E-state index contributed by atoms with van der Waals surface area (Å²) in [6.45, 7) is 0. The Kier molecular flexibility index (Phi) is 6.72. The second-order valence-electron chi connectivity index (χ2n) is 6.00. The zero-order valence-electron chi connectivity index (χ0n) is 14.6. The van der Waals surface area contributed by atoms with E-state index in [4.69, 9.17) is 5.41 Å².